The van der Waals surface area contributed by atoms with Gasteiger partial charge in [0.05, 0.1) is 45.9 Å². The molecule has 1 amide bonds. The van der Waals surface area contributed by atoms with Crippen LogP contribution in [0.4, 0.5) is 0 Å². The van der Waals surface area contributed by atoms with Crippen LogP contribution in [0.5, 0.6) is 0 Å². The summed E-state index contributed by atoms with van der Waals surface area (Å²) in [6.45, 7) is 3.72. The average molecular weight is 278 g/mol. The number of esters is 1. The summed E-state index contributed by atoms with van der Waals surface area (Å²) in [5, 5.41) is 1.93. The first-order chi connectivity index (χ1) is 9.60. The van der Waals surface area contributed by atoms with E-state index in [1.807, 2.05) is 5.01 Å². The van der Waals surface area contributed by atoms with E-state index in [4.69, 9.17) is 0 Å². The van der Waals surface area contributed by atoms with Gasteiger partial charge in [-0.3, -0.25) is 10.2 Å². The number of rotatable bonds is 3. The van der Waals surface area contributed by atoms with Gasteiger partial charge < -0.3 is 9.64 Å². The molecule has 1 heterocycles. The first-order valence-corrected chi connectivity index (χ1v) is 6.66. The molecule has 0 spiro atoms. The molecule has 0 bridgehead atoms. The standard InChI is InChI=1S/C14H19N3O3/c1-16-7-9-17(10-8-16)15-13(18)11-3-5-12(6-4-11)14(19)20-2/h3-6H,7-10H2,1-2H3,(H,15,18)/p+1. The number of likely N-dealkylation sites (N-methyl/N-ethyl adjacent to an activating group) is 1. The van der Waals surface area contributed by atoms with Crippen LogP contribution in [-0.2, 0) is 4.74 Å². The average Bonchev–Trinajstić information content (AvgIpc) is 2.49. The topological polar surface area (TPSA) is 63.1 Å². The summed E-state index contributed by atoms with van der Waals surface area (Å²) in [5.41, 5.74) is 3.85. The molecule has 1 aromatic carbocycles. The number of hydrogen-bond donors (Lipinski definition) is 2. The molecule has 1 aliphatic rings. The highest BCUT2D eigenvalue weighted by Crippen LogP contribution is 2.06. The molecule has 0 aromatic heterocycles. The lowest BCUT2D eigenvalue weighted by Gasteiger charge is -2.30. The molecule has 6 nitrogen and oxygen atoms in total. The van der Waals surface area contributed by atoms with Crippen molar-refractivity contribution in [2.45, 2.75) is 0 Å². The maximum absolute atomic E-state index is 12.1. The van der Waals surface area contributed by atoms with Crippen molar-refractivity contribution in [3.05, 3.63) is 35.4 Å². The predicted octanol–water partition coefficient (Wildman–Crippen LogP) is -1.05. The Morgan fingerprint density at radius 2 is 1.70 bits per heavy atom. The number of carbonyl (C=O) groups is 2. The van der Waals surface area contributed by atoms with Gasteiger partial charge in [-0.05, 0) is 24.3 Å². The molecule has 1 fully saturated rings. The minimum atomic E-state index is -0.404. The van der Waals surface area contributed by atoms with Crippen LogP contribution in [0.15, 0.2) is 24.3 Å². The number of hydrogen-bond acceptors (Lipinski definition) is 4. The summed E-state index contributed by atoms with van der Waals surface area (Å²) >= 11 is 0. The van der Waals surface area contributed by atoms with E-state index in [1.54, 1.807) is 24.3 Å². The van der Waals surface area contributed by atoms with E-state index < -0.39 is 5.97 Å². The van der Waals surface area contributed by atoms with Gasteiger partial charge in [-0.15, -0.1) is 0 Å². The van der Waals surface area contributed by atoms with Gasteiger partial charge in [-0.1, -0.05) is 0 Å². The lowest BCUT2D eigenvalue weighted by atomic mass is 10.1. The second-order valence-corrected chi connectivity index (χ2v) is 4.95. The zero-order chi connectivity index (χ0) is 14.5. The number of carbonyl (C=O) groups excluding carboxylic acids is 2. The Labute approximate surface area is 118 Å². The lowest BCUT2D eigenvalue weighted by Crippen LogP contribution is -3.12. The maximum atomic E-state index is 12.1. The van der Waals surface area contributed by atoms with Gasteiger partial charge in [-0.2, -0.15) is 0 Å². The first-order valence-electron chi connectivity index (χ1n) is 6.66. The molecular formula is C14H20N3O3+. The maximum Gasteiger partial charge on any atom is 0.337 e. The third-order valence-electron chi connectivity index (χ3n) is 3.44. The highest BCUT2D eigenvalue weighted by atomic mass is 16.5. The predicted molar refractivity (Wildman–Crippen MR) is 73.4 cm³/mol. The Kier molecular flexibility index (Phi) is 4.70. The van der Waals surface area contributed by atoms with Crippen molar-refractivity contribution in [3.63, 3.8) is 0 Å². The van der Waals surface area contributed by atoms with Crippen molar-refractivity contribution in [2.24, 2.45) is 0 Å². The summed E-state index contributed by atoms with van der Waals surface area (Å²) < 4.78 is 4.62. The third kappa shape index (κ3) is 3.55. The van der Waals surface area contributed by atoms with E-state index in [0.717, 1.165) is 26.2 Å². The monoisotopic (exact) mass is 278 g/mol. The molecular weight excluding hydrogens is 258 g/mol. The lowest BCUT2D eigenvalue weighted by molar-refractivity contribution is -0.884. The fourth-order valence-electron chi connectivity index (χ4n) is 2.08. The van der Waals surface area contributed by atoms with Crippen molar-refractivity contribution >= 4 is 11.9 Å². The summed E-state index contributed by atoms with van der Waals surface area (Å²) in [4.78, 5) is 24.8. The highest BCUT2D eigenvalue weighted by Gasteiger charge is 2.18. The van der Waals surface area contributed by atoms with Crippen molar-refractivity contribution < 1.29 is 19.2 Å². The Morgan fingerprint density at radius 3 is 2.25 bits per heavy atom. The third-order valence-corrected chi connectivity index (χ3v) is 3.44. The van der Waals surface area contributed by atoms with E-state index in [1.165, 1.54) is 12.0 Å². The highest BCUT2D eigenvalue weighted by molar-refractivity contribution is 5.95. The number of ether oxygens (including phenoxy) is 1. The minimum absolute atomic E-state index is 0.152. The van der Waals surface area contributed by atoms with Crippen molar-refractivity contribution in [1.82, 2.24) is 10.4 Å². The van der Waals surface area contributed by atoms with Crippen LogP contribution >= 0.6 is 0 Å². The molecule has 6 heteroatoms. The van der Waals surface area contributed by atoms with E-state index in [-0.39, 0.29) is 5.91 Å². The number of amides is 1. The van der Waals surface area contributed by atoms with Crippen LogP contribution in [0.1, 0.15) is 20.7 Å². The number of benzene rings is 1. The molecule has 108 valence electrons. The zero-order valence-electron chi connectivity index (χ0n) is 11.8. The number of hydrazine groups is 1. The normalized spacial score (nSPS) is 16.7. The van der Waals surface area contributed by atoms with E-state index in [2.05, 4.69) is 17.2 Å². The van der Waals surface area contributed by atoms with Crippen molar-refractivity contribution in [3.8, 4) is 0 Å². The number of quaternary nitrogens is 1. The van der Waals surface area contributed by atoms with Gasteiger partial charge >= 0.3 is 5.97 Å². The van der Waals surface area contributed by atoms with Gasteiger partial charge in [-0.25, -0.2) is 9.80 Å². The molecule has 2 N–H and O–H groups in total. The molecule has 20 heavy (non-hydrogen) atoms. The van der Waals surface area contributed by atoms with Crippen LogP contribution in [0.25, 0.3) is 0 Å². The molecule has 1 aliphatic heterocycles. The molecule has 0 radical (unpaired) electrons. The van der Waals surface area contributed by atoms with Crippen LogP contribution in [0, 0.1) is 0 Å². The van der Waals surface area contributed by atoms with Crippen LogP contribution in [-0.4, -0.2) is 57.2 Å². The first kappa shape index (κ1) is 14.5. The number of nitrogens with zero attached hydrogens (tertiary/aromatic N) is 1. The molecule has 0 unspecified atom stereocenters. The number of methoxy groups -OCH3 is 1. The van der Waals surface area contributed by atoms with Crippen LogP contribution in [0.2, 0.25) is 0 Å². The van der Waals surface area contributed by atoms with E-state index in [0.29, 0.717) is 11.1 Å². The second-order valence-electron chi connectivity index (χ2n) is 4.95. The molecule has 1 saturated heterocycles. The van der Waals surface area contributed by atoms with Gasteiger partial charge in [0.15, 0.2) is 0 Å². The fourth-order valence-corrected chi connectivity index (χ4v) is 2.08. The SMILES string of the molecule is COC(=O)c1ccc(C(=O)NN2CC[NH+](C)CC2)cc1. The summed E-state index contributed by atoms with van der Waals surface area (Å²) in [7, 11) is 3.48. The molecule has 1 aromatic rings. The Bertz CT molecular complexity index is 479. The minimum Gasteiger partial charge on any atom is -0.465 e. The fraction of sp³-hybridized carbons (Fsp3) is 0.429. The van der Waals surface area contributed by atoms with Gasteiger partial charge in [0.1, 0.15) is 0 Å². The summed E-state index contributed by atoms with van der Waals surface area (Å²) in [6.07, 6.45) is 0. The molecule has 2 rings (SSSR count). The molecule has 0 saturated carbocycles. The van der Waals surface area contributed by atoms with Crippen molar-refractivity contribution in [1.29, 1.82) is 0 Å². The Morgan fingerprint density at radius 1 is 1.15 bits per heavy atom. The quantitative estimate of drug-likeness (QED) is 0.693. The largest absolute Gasteiger partial charge is 0.465 e. The zero-order valence-corrected chi connectivity index (χ0v) is 11.8. The van der Waals surface area contributed by atoms with Crippen LogP contribution < -0.4 is 10.3 Å². The second kappa shape index (κ2) is 6.49. The van der Waals surface area contributed by atoms with Gasteiger partial charge in [0.25, 0.3) is 5.91 Å². The summed E-state index contributed by atoms with van der Waals surface area (Å²) in [6, 6.07) is 6.44. The Hall–Kier alpha value is -1.92. The molecule has 0 atom stereocenters. The number of nitrogens with one attached hydrogen (secondary N) is 2. The van der Waals surface area contributed by atoms with Gasteiger partial charge in [0.2, 0.25) is 0 Å². The molecule has 0 aliphatic carbocycles. The van der Waals surface area contributed by atoms with Crippen molar-refractivity contribution in [2.75, 3.05) is 40.3 Å². The Balaban J connectivity index is 1.94. The summed E-state index contributed by atoms with van der Waals surface area (Å²) in [5.74, 6) is -0.556. The smallest absolute Gasteiger partial charge is 0.337 e. The van der Waals surface area contributed by atoms with E-state index >= 15 is 0 Å². The van der Waals surface area contributed by atoms with Gasteiger partial charge in [0, 0.05) is 5.56 Å². The van der Waals surface area contributed by atoms with Crippen LogP contribution in [0.3, 0.4) is 0 Å². The number of piperazine rings is 1. The van der Waals surface area contributed by atoms with E-state index in [9.17, 15) is 9.59 Å².